The lowest BCUT2D eigenvalue weighted by Gasteiger charge is -1.93. The maximum absolute atomic E-state index is 10.7. The standard InChI is InChI=1S/C5H7N3O.2C3H6/c6-8-4-3-7-2-1-5(4)9;2*1-3-2/h1-3,8H,6H2,(H,7,9);2*3H,1H2,2H3. The Morgan fingerprint density at radius 3 is 2.13 bits per heavy atom. The number of pyridine rings is 1. The SMILES string of the molecule is C=CC.C=CC.NNc1c[nH]ccc1=O. The zero-order valence-corrected chi connectivity index (χ0v) is 9.29. The van der Waals surface area contributed by atoms with Crippen LogP contribution in [0.4, 0.5) is 5.69 Å². The smallest absolute Gasteiger partial charge is 0.205 e. The molecule has 4 nitrogen and oxygen atoms in total. The van der Waals surface area contributed by atoms with Crippen molar-refractivity contribution in [2.45, 2.75) is 13.8 Å². The lowest BCUT2D eigenvalue weighted by Crippen LogP contribution is -2.15. The Labute approximate surface area is 90.5 Å². The first-order valence-electron chi connectivity index (χ1n) is 4.45. The summed E-state index contributed by atoms with van der Waals surface area (Å²) in [5, 5.41) is 0. The van der Waals surface area contributed by atoms with E-state index >= 15 is 0 Å². The molecular weight excluding hydrogens is 190 g/mol. The molecule has 0 bridgehead atoms. The second-order valence-electron chi connectivity index (χ2n) is 2.38. The highest BCUT2D eigenvalue weighted by atomic mass is 16.1. The van der Waals surface area contributed by atoms with E-state index in [1.54, 1.807) is 18.3 Å². The van der Waals surface area contributed by atoms with Crippen LogP contribution in [-0.2, 0) is 0 Å². The molecule has 0 aliphatic heterocycles. The van der Waals surface area contributed by atoms with Gasteiger partial charge in [-0.25, -0.2) is 0 Å². The van der Waals surface area contributed by atoms with Gasteiger partial charge in [-0.1, -0.05) is 12.2 Å². The normalized spacial score (nSPS) is 7.13. The zero-order valence-electron chi connectivity index (χ0n) is 9.29. The fourth-order valence-corrected chi connectivity index (χ4v) is 0.529. The van der Waals surface area contributed by atoms with E-state index in [0.29, 0.717) is 5.69 Å². The minimum absolute atomic E-state index is 0.115. The van der Waals surface area contributed by atoms with Gasteiger partial charge in [0, 0.05) is 18.5 Å². The molecule has 0 saturated carbocycles. The predicted molar refractivity (Wildman–Crippen MR) is 66.6 cm³/mol. The second-order valence-corrected chi connectivity index (χ2v) is 2.38. The Hall–Kier alpha value is -1.81. The van der Waals surface area contributed by atoms with Crippen LogP contribution >= 0.6 is 0 Å². The molecule has 15 heavy (non-hydrogen) atoms. The van der Waals surface area contributed by atoms with Gasteiger partial charge in [0.1, 0.15) is 5.69 Å². The van der Waals surface area contributed by atoms with Crippen molar-refractivity contribution in [1.29, 1.82) is 0 Å². The van der Waals surface area contributed by atoms with Crippen LogP contribution < -0.4 is 16.7 Å². The summed E-state index contributed by atoms with van der Waals surface area (Å²) in [6.45, 7) is 10.5. The molecule has 0 atom stereocenters. The van der Waals surface area contributed by atoms with Crippen molar-refractivity contribution in [3.8, 4) is 0 Å². The highest BCUT2D eigenvalue weighted by Crippen LogP contribution is 1.88. The van der Waals surface area contributed by atoms with Gasteiger partial charge in [0.15, 0.2) is 0 Å². The quantitative estimate of drug-likeness (QED) is 0.376. The van der Waals surface area contributed by atoms with Crippen LogP contribution in [0.25, 0.3) is 0 Å². The first-order valence-corrected chi connectivity index (χ1v) is 4.45. The largest absolute Gasteiger partial charge is 0.366 e. The number of nitrogens with one attached hydrogen (secondary N) is 2. The Bertz CT molecular complexity index is 312. The first kappa shape index (κ1) is 15.7. The molecule has 4 N–H and O–H groups in total. The van der Waals surface area contributed by atoms with Crippen LogP contribution in [0.3, 0.4) is 0 Å². The highest BCUT2D eigenvalue weighted by molar-refractivity contribution is 5.37. The Morgan fingerprint density at radius 1 is 1.40 bits per heavy atom. The van der Waals surface area contributed by atoms with Crippen LogP contribution in [0, 0.1) is 0 Å². The van der Waals surface area contributed by atoms with E-state index in [9.17, 15) is 4.79 Å². The summed E-state index contributed by atoms with van der Waals surface area (Å²) in [6, 6.07) is 1.40. The van der Waals surface area contributed by atoms with E-state index in [0.717, 1.165) is 0 Å². The number of aromatic amines is 1. The number of H-pyrrole nitrogens is 1. The summed E-state index contributed by atoms with van der Waals surface area (Å²) in [4.78, 5) is 13.4. The van der Waals surface area contributed by atoms with Gasteiger partial charge < -0.3 is 10.4 Å². The molecule has 1 aromatic rings. The number of anilines is 1. The second kappa shape index (κ2) is 12.2. The van der Waals surface area contributed by atoms with Gasteiger partial charge in [0.25, 0.3) is 0 Å². The first-order chi connectivity index (χ1) is 7.17. The molecule has 0 amide bonds. The van der Waals surface area contributed by atoms with Crippen molar-refractivity contribution >= 4 is 5.69 Å². The Morgan fingerprint density at radius 2 is 1.87 bits per heavy atom. The molecule has 0 radical (unpaired) electrons. The average molecular weight is 209 g/mol. The minimum atomic E-state index is -0.115. The van der Waals surface area contributed by atoms with Crippen LogP contribution in [0.5, 0.6) is 0 Å². The highest BCUT2D eigenvalue weighted by Gasteiger charge is 1.89. The van der Waals surface area contributed by atoms with Gasteiger partial charge >= 0.3 is 0 Å². The average Bonchev–Trinajstić information content (AvgIpc) is 2.21. The summed E-state index contributed by atoms with van der Waals surface area (Å²) < 4.78 is 0. The van der Waals surface area contributed by atoms with Gasteiger partial charge in [0.2, 0.25) is 5.43 Å². The molecule has 0 saturated heterocycles. The molecule has 1 rings (SSSR count). The molecule has 0 aliphatic rings. The molecular formula is C11H19N3O. The number of hydrogen-bond donors (Lipinski definition) is 3. The van der Waals surface area contributed by atoms with E-state index in [1.165, 1.54) is 12.3 Å². The van der Waals surface area contributed by atoms with E-state index in [-0.39, 0.29) is 5.43 Å². The summed E-state index contributed by atoms with van der Waals surface area (Å²) in [5.41, 5.74) is 2.51. The number of hydrogen-bond acceptors (Lipinski definition) is 3. The fraction of sp³-hybridized carbons (Fsp3) is 0.182. The van der Waals surface area contributed by atoms with Gasteiger partial charge in [-0.3, -0.25) is 10.6 Å². The van der Waals surface area contributed by atoms with Crippen molar-refractivity contribution in [3.63, 3.8) is 0 Å². The van der Waals surface area contributed by atoms with E-state index in [4.69, 9.17) is 5.84 Å². The molecule has 0 aromatic carbocycles. The van der Waals surface area contributed by atoms with E-state index in [2.05, 4.69) is 23.6 Å². The predicted octanol–water partition coefficient (Wildman–Crippen LogP) is 2.05. The monoisotopic (exact) mass is 209 g/mol. The van der Waals surface area contributed by atoms with Crippen LogP contribution in [0.15, 0.2) is 48.6 Å². The molecule has 84 valence electrons. The molecule has 0 spiro atoms. The van der Waals surface area contributed by atoms with E-state index in [1.807, 2.05) is 13.8 Å². The fourth-order valence-electron chi connectivity index (χ4n) is 0.529. The summed E-state index contributed by atoms with van der Waals surface area (Å²) >= 11 is 0. The maximum atomic E-state index is 10.7. The third kappa shape index (κ3) is 10.1. The number of hydrazine groups is 1. The topological polar surface area (TPSA) is 70.9 Å². The van der Waals surface area contributed by atoms with Gasteiger partial charge in [0.05, 0.1) is 0 Å². The van der Waals surface area contributed by atoms with Gasteiger partial charge in [-0.2, -0.15) is 0 Å². The number of aromatic nitrogens is 1. The van der Waals surface area contributed by atoms with Crippen molar-refractivity contribution in [1.82, 2.24) is 4.98 Å². The summed E-state index contributed by atoms with van der Waals surface area (Å²) in [6.07, 6.45) is 6.55. The Balaban J connectivity index is 0. The van der Waals surface area contributed by atoms with Gasteiger partial charge in [-0.05, 0) is 13.8 Å². The summed E-state index contributed by atoms with van der Waals surface area (Å²) in [7, 11) is 0. The number of nitrogens with two attached hydrogens (primary N) is 1. The van der Waals surface area contributed by atoms with Crippen LogP contribution in [0.1, 0.15) is 13.8 Å². The molecule has 1 heterocycles. The third-order valence-electron chi connectivity index (χ3n) is 0.980. The lowest BCUT2D eigenvalue weighted by atomic mass is 10.4. The number of nitrogen functional groups attached to an aromatic ring is 1. The molecule has 0 unspecified atom stereocenters. The van der Waals surface area contributed by atoms with Crippen molar-refractivity contribution in [2.75, 3.05) is 5.43 Å². The van der Waals surface area contributed by atoms with Crippen molar-refractivity contribution < 1.29 is 0 Å². The molecule has 0 aliphatic carbocycles. The number of allylic oxidation sites excluding steroid dienone is 2. The lowest BCUT2D eigenvalue weighted by molar-refractivity contribution is 1.25. The molecule has 0 fully saturated rings. The number of rotatable bonds is 1. The third-order valence-corrected chi connectivity index (χ3v) is 0.980. The van der Waals surface area contributed by atoms with Gasteiger partial charge in [-0.15, -0.1) is 13.2 Å². The summed E-state index contributed by atoms with van der Waals surface area (Å²) in [5.74, 6) is 4.98. The maximum Gasteiger partial charge on any atom is 0.205 e. The zero-order chi connectivity index (χ0) is 12.1. The Kier molecular flexibility index (Phi) is 12.7. The molecule has 1 aromatic heterocycles. The van der Waals surface area contributed by atoms with E-state index < -0.39 is 0 Å². The van der Waals surface area contributed by atoms with Crippen LogP contribution in [-0.4, -0.2) is 4.98 Å². The van der Waals surface area contributed by atoms with Crippen molar-refractivity contribution in [3.05, 3.63) is 54.0 Å². The minimum Gasteiger partial charge on any atom is -0.366 e. The molecule has 4 heteroatoms. The van der Waals surface area contributed by atoms with Crippen LogP contribution in [0.2, 0.25) is 0 Å². The van der Waals surface area contributed by atoms with Crippen molar-refractivity contribution in [2.24, 2.45) is 5.84 Å².